The highest BCUT2D eigenvalue weighted by molar-refractivity contribution is 7.11. The van der Waals surface area contributed by atoms with Gasteiger partial charge in [0.2, 0.25) is 0 Å². The molecule has 0 fully saturated rings. The molecule has 0 saturated heterocycles. The molecule has 1 N–H and O–H groups in total. The van der Waals surface area contributed by atoms with Crippen molar-refractivity contribution in [1.29, 1.82) is 0 Å². The summed E-state index contributed by atoms with van der Waals surface area (Å²) in [4.78, 5) is 0. The summed E-state index contributed by atoms with van der Waals surface area (Å²) in [6.45, 7) is 5.21. The summed E-state index contributed by atoms with van der Waals surface area (Å²) in [5.41, 5.74) is 1.40. The van der Waals surface area contributed by atoms with Crippen molar-refractivity contribution < 1.29 is 0 Å². The second-order valence-electron chi connectivity index (χ2n) is 4.65. The Balaban J connectivity index is 1.80. The van der Waals surface area contributed by atoms with E-state index in [4.69, 9.17) is 0 Å². The van der Waals surface area contributed by atoms with E-state index in [1.165, 1.54) is 5.56 Å². The summed E-state index contributed by atoms with van der Waals surface area (Å²) in [5, 5.41) is 14.2. The fourth-order valence-corrected chi connectivity index (χ4v) is 2.94. The summed E-state index contributed by atoms with van der Waals surface area (Å²) < 4.78 is 0. The number of nitrogens with one attached hydrogen (secondary N) is 1. The van der Waals surface area contributed by atoms with Gasteiger partial charge in [-0.05, 0) is 31.9 Å². The van der Waals surface area contributed by atoms with Crippen LogP contribution in [-0.2, 0) is 12.8 Å². The maximum atomic E-state index is 4.28. The van der Waals surface area contributed by atoms with Gasteiger partial charge in [-0.2, -0.15) is 0 Å². The van der Waals surface area contributed by atoms with Crippen molar-refractivity contribution >= 4 is 11.3 Å². The van der Waals surface area contributed by atoms with Crippen LogP contribution in [0.4, 0.5) is 0 Å². The van der Waals surface area contributed by atoms with E-state index in [0.29, 0.717) is 6.04 Å². The van der Waals surface area contributed by atoms with Crippen molar-refractivity contribution in [1.82, 2.24) is 15.5 Å². The molecule has 0 spiro atoms. The molecule has 0 aliphatic heterocycles. The average molecular weight is 275 g/mol. The number of rotatable bonds is 7. The first-order valence-electron chi connectivity index (χ1n) is 6.89. The minimum Gasteiger partial charge on any atom is -0.308 e. The van der Waals surface area contributed by atoms with Crippen molar-refractivity contribution in [2.24, 2.45) is 0 Å². The third-order valence-corrected chi connectivity index (χ3v) is 4.23. The number of aryl methyl sites for hydroxylation is 2. The lowest BCUT2D eigenvalue weighted by Crippen LogP contribution is -2.17. The Kier molecular flexibility index (Phi) is 5.48. The highest BCUT2D eigenvalue weighted by Gasteiger charge is 2.10. The first-order chi connectivity index (χ1) is 9.29. The number of nitrogens with zero attached hydrogens (tertiary/aromatic N) is 2. The molecule has 0 saturated carbocycles. The first-order valence-corrected chi connectivity index (χ1v) is 7.71. The lowest BCUT2D eigenvalue weighted by atomic mass is 10.1. The molecule has 0 radical (unpaired) electrons. The van der Waals surface area contributed by atoms with Gasteiger partial charge in [-0.25, -0.2) is 0 Å². The lowest BCUT2D eigenvalue weighted by Gasteiger charge is -2.06. The van der Waals surface area contributed by atoms with E-state index in [0.717, 1.165) is 35.8 Å². The van der Waals surface area contributed by atoms with Crippen LogP contribution in [0, 0.1) is 0 Å². The maximum Gasteiger partial charge on any atom is 0.134 e. The molecule has 19 heavy (non-hydrogen) atoms. The molecule has 2 rings (SSSR count). The molecule has 1 atom stereocenters. The van der Waals surface area contributed by atoms with Crippen molar-refractivity contribution in [3.8, 4) is 0 Å². The predicted molar refractivity (Wildman–Crippen MR) is 80.5 cm³/mol. The first kappa shape index (κ1) is 14.2. The van der Waals surface area contributed by atoms with E-state index in [2.05, 4.69) is 59.7 Å². The van der Waals surface area contributed by atoms with Crippen molar-refractivity contribution in [2.45, 2.75) is 39.2 Å². The summed E-state index contributed by atoms with van der Waals surface area (Å²) in [7, 11) is 0. The van der Waals surface area contributed by atoms with Crippen LogP contribution in [0.3, 0.4) is 0 Å². The van der Waals surface area contributed by atoms with Crippen LogP contribution in [0.15, 0.2) is 30.3 Å². The van der Waals surface area contributed by atoms with Crippen LogP contribution < -0.4 is 5.32 Å². The summed E-state index contributed by atoms with van der Waals surface area (Å²) in [6.07, 6.45) is 3.26. The van der Waals surface area contributed by atoms with Gasteiger partial charge in [0.1, 0.15) is 10.0 Å². The van der Waals surface area contributed by atoms with Gasteiger partial charge in [-0.15, -0.1) is 10.2 Å². The molecular weight excluding hydrogens is 254 g/mol. The molecule has 4 heteroatoms. The standard InChI is InChI=1S/C15H21N3S/c1-3-16-12(2)15-18-17-14(19-15)11-7-10-13-8-5-4-6-9-13/h4-6,8-9,12,16H,3,7,10-11H2,1-2H3. The molecule has 0 amide bonds. The number of hydrogen-bond acceptors (Lipinski definition) is 4. The van der Waals surface area contributed by atoms with E-state index < -0.39 is 0 Å². The topological polar surface area (TPSA) is 37.8 Å². The SMILES string of the molecule is CCNC(C)c1nnc(CCCc2ccccc2)s1. The monoisotopic (exact) mass is 275 g/mol. The summed E-state index contributed by atoms with van der Waals surface area (Å²) in [6, 6.07) is 10.9. The summed E-state index contributed by atoms with van der Waals surface area (Å²) in [5.74, 6) is 0. The van der Waals surface area contributed by atoms with Crippen molar-refractivity contribution in [3.63, 3.8) is 0 Å². The average Bonchev–Trinajstić information content (AvgIpc) is 2.89. The zero-order valence-corrected chi connectivity index (χ0v) is 12.4. The zero-order chi connectivity index (χ0) is 13.5. The molecule has 1 aromatic carbocycles. The van der Waals surface area contributed by atoms with E-state index in [1.807, 2.05) is 0 Å². The molecular formula is C15H21N3S. The number of benzene rings is 1. The van der Waals surface area contributed by atoms with Crippen molar-refractivity contribution in [3.05, 3.63) is 45.9 Å². The van der Waals surface area contributed by atoms with Gasteiger partial charge in [0.05, 0.1) is 6.04 Å². The Morgan fingerprint density at radius 3 is 2.68 bits per heavy atom. The fourth-order valence-electron chi connectivity index (χ4n) is 2.02. The Bertz CT molecular complexity index is 481. The Labute approximate surface area is 119 Å². The largest absolute Gasteiger partial charge is 0.308 e. The number of aromatic nitrogens is 2. The molecule has 0 aliphatic carbocycles. The molecule has 0 aliphatic rings. The van der Waals surface area contributed by atoms with Crippen LogP contribution in [0.5, 0.6) is 0 Å². The second-order valence-corrected chi connectivity index (χ2v) is 5.75. The van der Waals surface area contributed by atoms with E-state index in [9.17, 15) is 0 Å². The van der Waals surface area contributed by atoms with Gasteiger partial charge in [0.15, 0.2) is 0 Å². The third-order valence-electron chi connectivity index (χ3n) is 3.06. The van der Waals surface area contributed by atoms with Crippen LogP contribution in [-0.4, -0.2) is 16.7 Å². The van der Waals surface area contributed by atoms with Crippen LogP contribution in [0.25, 0.3) is 0 Å². The van der Waals surface area contributed by atoms with Gasteiger partial charge in [-0.3, -0.25) is 0 Å². The predicted octanol–water partition coefficient (Wildman–Crippen LogP) is 3.38. The van der Waals surface area contributed by atoms with E-state index in [1.54, 1.807) is 11.3 Å². The molecule has 2 aromatic rings. The minimum atomic E-state index is 0.311. The highest BCUT2D eigenvalue weighted by Crippen LogP contribution is 2.19. The van der Waals surface area contributed by atoms with Crippen LogP contribution in [0.1, 0.15) is 41.9 Å². The van der Waals surface area contributed by atoms with Crippen molar-refractivity contribution in [2.75, 3.05) is 6.54 Å². The molecule has 3 nitrogen and oxygen atoms in total. The third kappa shape index (κ3) is 4.40. The number of hydrogen-bond donors (Lipinski definition) is 1. The highest BCUT2D eigenvalue weighted by atomic mass is 32.1. The molecule has 0 bridgehead atoms. The van der Waals surface area contributed by atoms with Gasteiger partial charge < -0.3 is 5.32 Å². The van der Waals surface area contributed by atoms with Crippen LogP contribution in [0.2, 0.25) is 0 Å². The lowest BCUT2D eigenvalue weighted by molar-refractivity contribution is 0.589. The molecule has 1 aromatic heterocycles. The normalized spacial score (nSPS) is 12.5. The Morgan fingerprint density at radius 2 is 1.95 bits per heavy atom. The molecule has 1 unspecified atom stereocenters. The van der Waals surface area contributed by atoms with E-state index >= 15 is 0 Å². The quantitative estimate of drug-likeness (QED) is 0.841. The molecule has 102 valence electrons. The fraction of sp³-hybridized carbons (Fsp3) is 0.467. The Morgan fingerprint density at radius 1 is 1.16 bits per heavy atom. The summed E-state index contributed by atoms with van der Waals surface area (Å²) >= 11 is 1.73. The molecule has 1 heterocycles. The maximum absolute atomic E-state index is 4.28. The second kappa shape index (κ2) is 7.36. The smallest absolute Gasteiger partial charge is 0.134 e. The van der Waals surface area contributed by atoms with E-state index in [-0.39, 0.29) is 0 Å². The van der Waals surface area contributed by atoms with Gasteiger partial charge >= 0.3 is 0 Å². The minimum absolute atomic E-state index is 0.311. The Hall–Kier alpha value is -1.26. The van der Waals surface area contributed by atoms with Crippen LogP contribution >= 0.6 is 11.3 Å². The van der Waals surface area contributed by atoms with Gasteiger partial charge in [0, 0.05) is 6.42 Å². The zero-order valence-electron chi connectivity index (χ0n) is 11.6. The van der Waals surface area contributed by atoms with Gasteiger partial charge in [-0.1, -0.05) is 48.6 Å². The van der Waals surface area contributed by atoms with Gasteiger partial charge in [0.25, 0.3) is 0 Å².